The zero-order valence-electron chi connectivity index (χ0n) is 16.1. The Morgan fingerprint density at radius 3 is 3.07 bits per heavy atom. The lowest BCUT2D eigenvalue weighted by atomic mass is 9.99. The average Bonchev–Trinajstić information content (AvgIpc) is 3.07. The second kappa shape index (κ2) is 9.12. The molecule has 148 valence electrons. The molecule has 2 atom stereocenters. The quantitative estimate of drug-likeness (QED) is 0.526. The van der Waals surface area contributed by atoms with Crippen LogP contribution < -0.4 is 4.84 Å². The molecule has 1 aromatic rings. The van der Waals surface area contributed by atoms with Crippen LogP contribution >= 0.6 is 0 Å². The molecular weight excluding hydrogens is 348 g/mol. The predicted molar refractivity (Wildman–Crippen MR) is 98.5 cm³/mol. The summed E-state index contributed by atoms with van der Waals surface area (Å²) < 4.78 is 5.45. The van der Waals surface area contributed by atoms with Gasteiger partial charge in [-0.3, -0.25) is 4.79 Å². The topological polar surface area (TPSA) is 86.6 Å². The van der Waals surface area contributed by atoms with Crippen molar-refractivity contribution < 1.29 is 19.2 Å². The van der Waals surface area contributed by atoms with Gasteiger partial charge in [-0.2, -0.15) is 0 Å². The van der Waals surface area contributed by atoms with Crippen molar-refractivity contribution in [3.05, 3.63) is 17.5 Å². The van der Waals surface area contributed by atoms with E-state index in [9.17, 15) is 9.59 Å². The maximum atomic E-state index is 12.2. The number of carbonyl (C=O) groups is 2. The van der Waals surface area contributed by atoms with Gasteiger partial charge < -0.3 is 14.5 Å². The van der Waals surface area contributed by atoms with Crippen molar-refractivity contribution in [3.8, 4) is 0 Å². The van der Waals surface area contributed by atoms with Crippen LogP contribution in [0.1, 0.15) is 50.4 Å². The van der Waals surface area contributed by atoms with Gasteiger partial charge in [0.25, 0.3) is 0 Å². The molecule has 1 saturated heterocycles. The van der Waals surface area contributed by atoms with E-state index in [0.29, 0.717) is 24.6 Å². The molecule has 0 spiro atoms. The standard InChI is InChI=1S/C19H28N4O4/c1-14(19(25)26-13-15-6-5-11-22(2)12-15)9-10-18(24)27-23-17-8-4-3-7-16(17)20-21-23/h4,8,14-15H,3,5-7,9-13H2,1-2H3. The van der Waals surface area contributed by atoms with Crippen molar-refractivity contribution in [1.29, 1.82) is 0 Å². The van der Waals surface area contributed by atoms with Crippen LogP contribution in [0, 0.1) is 11.8 Å². The fraction of sp³-hybridized carbons (Fsp3) is 0.684. The van der Waals surface area contributed by atoms with Crippen molar-refractivity contribution in [3.63, 3.8) is 0 Å². The van der Waals surface area contributed by atoms with Gasteiger partial charge in [0.2, 0.25) is 0 Å². The Morgan fingerprint density at radius 1 is 1.41 bits per heavy atom. The normalized spacial score (nSPS) is 20.7. The van der Waals surface area contributed by atoms with Gasteiger partial charge in [-0.05, 0) is 57.0 Å². The summed E-state index contributed by atoms with van der Waals surface area (Å²) >= 11 is 0. The number of hydrogen-bond acceptors (Lipinski definition) is 7. The van der Waals surface area contributed by atoms with Gasteiger partial charge in [-0.1, -0.05) is 17.8 Å². The molecule has 3 rings (SSSR count). The number of aromatic nitrogens is 3. The van der Waals surface area contributed by atoms with E-state index >= 15 is 0 Å². The third-order valence-corrected chi connectivity index (χ3v) is 5.13. The van der Waals surface area contributed by atoms with Crippen LogP contribution in [-0.2, 0) is 20.7 Å². The maximum Gasteiger partial charge on any atom is 0.335 e. The van der Waals surface area contributed by atoms with Gasteiger partial charge in [-0.25, -0.2) is 4.79 Å². The van der Waals surface area contributed by atoms with Gasteiger partial charge in [0, 0.05) is 18.9 Å². The SMILES string of the molecule is CC(CCC(=O)On1nnc2c1C=CCC2)C(=O)OCC1CCCN(C)C1. The average molecular weight is 376 g/mol. The molecule has 0 N–H and O–H groups in total. The Bertz CT molecular complexity index is 700. The van der Waals surface area contributed by atoms with Crippen LogP contribution in [0.15, 0.2) is 6.08 Å². The Labute approximate surface area is 159 Å². The lowest BCUT2D eigenvalue weighted by Crippen LogP contribution is -2.35. The lowest BCUT2D eigenvalue weighted by Gasteiger charge is -2.29. The van der Waals surface area contributed by atoms with E-state index in [4.69, 9.17) is 9.57 Å². The van der Waals surface area contributed by atoms with E-state index in [1.807, 2.05) is 12.2 Å². The Morgan fingerprint density at radius 2 is 2.26 bits per heavy atom. The number of aryl methyl sites for hydroxylation is 1. The van der Waals surface area contributed by atoms with Crippen LogP contribution in [0.4, 0.5) is 0 Å². The Balaban J connectivity index is 1.38. The number of carbonyl (C=O) groups excluding carboxylic acids is 2. The van der Waals surface area contributed by atoms with Crippen molar-refractivity contribution in [1.82, 2.24) is 20.1 Å². The molecule has 8 heteroatoms. The first-order chi connectivity index (χ1) is 13.0. The summed E-state index contributed by atoms with van der Waals surface area (Å²) in [7, 11) is 2.09. The lowest BCUT2D eigenvalue weighted by molar-refractivity contribution is -0.151. The maximum absolute atomic E-state index is 12.2. The molecular formula is C19H28N4O4. The van der Waals surface area contributed by atoms with Crippen LogP contribution in [0.2, 0.25) is 0 Å². The molecule has 2 aliphatic rings. The van der Waals surface area contributed by atoms with E-state index in [0.717, 1.165) is 49.3 Å². The van der Waals surface area contributed by atoms with Crippen LogP contribution in [0.5, 0.6) is 0 Å². The molecule has 8 nitrogen and oxygen atoms in total. The van der Waals surface area contributed by atoms with E-state index in [1.54, 1.807) is 6.92 Å². The Hall–Kier alpha value is -2.22. The van der Waals surface area contributed by atoms with Gasteiger partial charge in [0.15, 0.2) is 0 Å². The molecule has 2 heterocycles. The molecule has 1 fully saturated rings. The smallest absolute Gasteiger partial charge is 0.335 e. The van der Waals surface area contributed by atoms with E-state index < -0.39 is 5.97 Å². The van der Waals surface area contributed by atoms with E-state index in [2.05, 4.69) is 22.3 Å². The largest absolute Gasteiger partial charge is 0.465 e. The molecule has 27 heavy (non-hydrogen) atoms. The molecule has 0 radical (unpaired) electrons. The minimum absolute atomic E-state index is 0.126. The van der Waals surface area contributed by atoms with Crippen molar-refractivity contribution in [2.24, 2.45) is 11.8 Å². The first kappa shape index (κ1) is 19.5. The number of likely N-dealkylation sites (tertiary alicyclic amines) is 1. The molecule has 0 saturated carbocycles. The zero-order valence-corrected chi connectivity index (χ0v) is 16.1. The molecule has 1 aromatic heterocycles. The van der Waals surface area contributed by atoms with E-state index in [1.165, 1.54) is 0 Å². The summed E-state index contributed by atoms with van der Waals surface area (Å²) in [4.78, 5) is 32.9. The molecule has 0 amide bonds. The fourth-order valence-corrected chi connectivity index (χ4v) is 3.47. The van der Waals surface area contributed by atoms with Crippen LogP contribution in [0.25, 0.3) is 6.08 Å². The highest BCUT2D eigenvalue weighted by atomic mass is 16.7. The highest BCUT2D eigenvalue weighted by Crippen LogP contribution is 2.17. The third-order valence-electron chi connectivity index (χ3n) is 5.13. The summed E-state index contributed by atoms with van der Waals surface area (Å²) in [5.41, 5.74) is 1.54. The minimum atomic E-state index is -0.435. The summed E-state index contributed by atoms with van der Waals surface area (Å²) in [6.07, 6.45) is 8.30. The number of ether oxygens (including phenoxy) is 1. The Kier molecular flexibility index (Phi) is 6.60. The summed E-state index contributed by atoms with van der Waals surface area (Å²) in [5.74, 6) is -0.632. The van der Waals surface area contributed by atoms with Crippen molar-refractivity contribution in [2.75, 3.05) is 26.7 Å². The van der Waals surface area contributed by atoms with Gasteiger partial charge in [0.1, 0.15) is 5.69 Å². The number of rotatable bonds is 7. The van der Waals surface area contributed by atoms with Gasteiger partial charge in [-0.15, -0.1) is 5.10 Å². The zero-order chi connectivity index (χ0) is 19.2. The first-order valence-electron chi connectivity index (χ1n) is 9.70. The number of piperidine rings is 1. The number of allylic oxidation sites excluding steroid dienone is 1. The second-order valence-electron chi connectivity index (χ2n) is 7.54. The second-order valence-corrected chi connectivity index (χ2v) is 7.54. The van der Waals surface area contributed by atoms with Crippen molar-refractivity contribution in [2.45, 2.75) is 45.4 Å². The first-order valence-corrected chi connectivity index (χ1v) is 9.70. The molecule has 0 bridgehead atoms. The minimum Gasteiger partial charge on any atom is -0.465 e. The highest BCUT2D eigenvalue weighted by molar-refractivity contribution is 5.74. The van der Waals surface area contributed by atoms with Gasteiger partial charge >= 0.3 is 11.9 Å². The molecule has 1 aliphatic carbocycles. The predicted octanol–water partition coefficient (Wildman–Crippen LogP) is 1.49. The fourth-order valence-electron chi connectivity index (χ4n) is 3.47. The molecule has 0 aromatic carbocycles. The number of esters is 1. The monoisotopic (exact) mass is 376 g/mol. The van der Waals surface area contributed by atoms with Crippen LogP contribution in [-0.4, -0.2) is 58.7 Å². The molecule has 1 aliphatic heterocycles. The summed E-state index contributed by atoms with van der Waals surface area (Å²) in [5, 5.41) is 7.88. The third kappa shape index (κ3) is 5.38. The highest BCUT2D eigenvalue weighted by Gasteiger charge is 2.22. The number of hydrogen-bond donors (Lipinski definition) is 0. The van der Waals surface area contributed by atoms with Gasteiger partial charge in [0.05, 0.1) is 18.2 Å². The van der Waals surface area contributed by atoms with E-state index in [-0.39, 0.29) is 18.3 Å². The van der Waals surface area contributed by atoms with Crippen LogP contribution in [0.3, 0.4) is 0 Å². The molecule has 2 unspecified atom stereocenters. The summed E-state index contributed by atoms with van der Waals surface area (Å²) in [6, 6.07) is 0. The van der Waals surface area contributed by atoms with Crippen molar-refractivity contribution >= 4 is 18.0 Å². The summed E-state index contributed by atoms with van der Waals surface area (Å²) in [6.45, 7) is 4.30. The number of fused-ring (bicyclic) bond motifs is 1. The number of nitrogens with zero attached hydrogens (tertiary/aromatic N) is 4.